The molecule has 0 atom stereocenters. The minimum Gasteiger partial charge on any atom is -0.452 e. The van der Waals surface area contributed by atoms with E-state index in [2.05, 4.69) is 10.6 Å². The molecule has 10 heteroatoms. The van der Waals surface area contributed by atoms with Crippen molar-refractivity contribution in [2.75, 3.05) is 17.2 Å². The predicted octanol–water partition coefficient (Wildman–Crippen LogP) is 1.09. The average Bonchev–Trinajstić information content (AvgIpc) is 2.59. The first-order valence-electron chi connectivity index (χ1n) is 7.62. The number of carbonyl (C=O) groups is 3. The number of benzene rings is 2. The maximum atomic E-state index is 12.0. The number of esters is 1. The molecule has 0 spiro atoms. The lowest BCUT2D eigenvalue weighted by Crippen LogP contribution is -2.21. The minimum absolute atomic E-state index is 0.0917. The van der Waals surface area contributed by atoms with E-state index in [-0.39, 0.29) is 16.4 Å². The second-order valence-corrected chi connectivity index (χ2v) is 7.02. The van der Waals surface area contributed by atoms with Crippen LogP contribution in [0, 0.1) is 0 Å². The largest absolute Gasteiger partial charge is 0.452 e. The number of carbonyl (C=O) groups excluding carboxylic acids is 3. The van der Waals surface area contributed by atoms with Crippen molar-refractivity contribution < 1.29 is 27.5 Å². The number of sulfonamides is 1. The molecule has 142 valence electrons. The Morgan fingerprint density at radius 1 is 1.00 bits per heavy atom. The van der Waals surface area contributed by atoms with E-state index in [0.29, 0.717) is 11.4 Å². The average molecular weight is 391 g/mol. The fourth-order valence-electron chi connectivity index (χ4n) is 2.07. The molecule has 0 aliphatic carbocycles. The molecule has 2 amide bonds. The van der Waals surface area contributed by atoms with Crippen molar-refractivity contribution in [2.24, 2.45) is 5.14 Å². The highest BCUT2D eigenvalue weighted by Crippen LogP contribution is 2.13. The van der Waals surface area contributed by atoms with Gasteiger partial charge >= 0.3 is 5.97 Å². The summed E-state index contributed by atoms with van der Waals surface area (Å²) in [5.41, 5.74) is 0.916. The first-order valence-corrected chi connectivity index (χ1v) is 9.17. The quantitative estimate of drug-likeness (QED) is 0.629. The number of rotatable bonds is 6. The van der Waals surface area contributed by atoms with E-state index in [1.807, 2.05) is 0 Å². The first-order chi connectivity index (χ1) is 12.6. The number of amides is 2. The Morgan fingerprint density at radius 2 is 1.67 bits per heavy atom. The fourth-order valence-corrected chi connectivity index (χ4v) is 2.58. The molecule has 0 aliphatic rings. The SMILES string of the molecule is CC(=O)Nc1cccc(C(=O)OCC(=O)Nc2ccc(S(N)(=O)=O)cc2)c1. The number of nitrogens with two attached hydrogens (primary N) is 1. The van der Waals surface area contributed by atoms with Gasteiger partial charge in [0.2, 0.25) is 15.9 Å². The molecule has 4 N–H and O–H groups in total. The van der Waals surface area contributed by atoms with Crippen LogP contribution in [0.4, 0.5) is 11.4 Å². The molecule has 27 heavy (non-hydrogen) atoms. The Labute approximate surface area is 155 Å². The number of nitrogens with one attached hydrogen (secondary N) is 2. The van der Waals surface area contributed by atoms with Crippen LogP contribution < -0.4 is 15.8 Å². The number of ether oxygens (including phenoxy) is 1. The van der Waals surface area contributed by atoms with Crippen LogP contribution in [0.2, 0.25) is 0 Å². The molecule has 0 unspecified atom stereocenters. The number of primary sulfonamides is 1. The summed E-state index contributed by atoms with van der Waals surface area (Å²) in [5.74, 6) is -1.63. The maximum Gasteiger partial charge on any atom is 0.338 e. The molecule has 9 nitrogen and oxygen atoms in total. The molecule has 2 rings (SSSR count). The molecule has 0 heterocycles. The molecule has 0 aliphatic heterocycles. The summed E-state index contributed by atoms with van der Waals surface area (Å²) in [4.78, 5) is 34.8. The third-order valence-corrected chi connectivity index (χ3v) is 4.15. The van der Waals surface area contributed by atoms with E-state index in [4.69, 9.17) is 9.88 Å². The predicted molar refractivity (Wildman–Crippen MR) is 97.5 cm³/mol. The van der Waals surface area contributed by atoms with Crippen LogP contribution in [0.5, 0.6) is 0 Å². The van der Waals surface area contributed by atoms with Crippen LogP contribution in [-0.4, -0.2) is 32.8 Å². The second-order valence-electron chi connectivity index (χ2n) is 5.46. The molecule has 0 aromatic heterocycles. The minimum atomic E-state index is -3.82. The van der Waals surface area contributed by atoms with E-state index < -0.39 is 28.5 Å². The normalized spacial score (nSPS) is 10.7. The van der Waals surface area contributed by atoms with Gasteiger partial charge in [-0.3, -0.25) is 9.59 Å². The van der Waals surface area contributed by atoms with Crippen molar-refractivity contribution >= 4 is 39.2 Å². The van der Waals surface area contributed by atoms with Crippen LogP contribution in [0.3, 0.4) is 0 Å². The van der Waals surface area contributed by atoms with Crippen molar-refractivity contribution in [3.8, 4) is 0 Å². The van der Waals surface area contributed by atoms with E-state index in [1.54, 1.807) is 12.1 Å². The highest BCUT2D eigenvalue weighted by atomic mass is 32.2. The summed E-state index contributed by atoms with van der Waals surface area (Å²) in [6.45, 7) is 0.797. The van der Waals surface area contributed by atoms with Gasteiger partial charge < -0.3 is 15.4 Å². The molecule has 0 fully saturated rings. The Kier molecular flexibility index (Phi) is 6.27. The van der Waals surface area contributed by atoms with E-state index in [9.17, 15) is 22.8 Å². The lowest BCUT2D eigenvalue weighted by molar-refractivity contribution is -0.119. The van der Waals surface area contributed by atoms with Crippen molar-refractivity contribution in [2.45, 2.75) is 11.8 Å². The van der Waals surface area contributed by atoms with Gasteiger partial charge in [0, 0.05) is 18.3 Å². The van der Waals surface area contributed by atoms with Crippen molar-refractivity contribution in [3.63, 3.8) is 0 Å². The highest BCUT2D eigenvalue weighted by molar-refractivity contribution is 7.89. The molecular formula is C17H17N3O6S. The summed E-state index contributed by atoms with van der Waals surface area (Å²) >= 11 is 0. The van der Waals surface area contributed by atoms with E-state index in [0.717, 1.165) is 0 Å². The summed E-state index contributed by atoms with van der Waals surface area (Å²) < 4.78 is 27.3. The Morgan fingerprint density at radius 3 is 2.26 bits per heavy atom. The van der Waals surface area contributed by atoms with Gasteiger partial charge in [0.1, 0.15) is 0 Å². The van der Waals surface area contributed by atoms with Gasteiger partial charge in [0.25, 0.3) is 5.91 Å². The molecular weight excluding hydrogens is 374 g/mol. The van der Waals surface area contributed by atoms with Gasteiger partial charge in [-0.25, -0.2) is 18.4 Å². The fraction of sp³-hybridized carbons (Fsp3) is 0.118. The number of hydrogen-bond donors (Lipinski definition) is 3. The monoisotopic (exact) mass is 391 g/mol. The molecule has 0 saturated carbocycles. The van der Waals surface area contributed by atoms with Crippen LogP contribution in [-0.2, 0) is 24.3 Å². The van der Waals surface area contributed by atoms with Crippen LogP contribution >= 0.6 is 0 Å². The lowest BCUT2D eigenvalue weighted by atomic mass is 10.2. The lowest BCUT2D eigenvalue weighted by Gasteiger charge is -2.08. The summed E-state index contributed by atoms with van der Waals surface area (Å²) in [6, 6.07) is 11.3. The summed E-state index contributed by atoms with van der Waals surface area (Å²) in [6.07, 6.45) is 0. The first kappa shape index (κ1) is 20.1. The van der Waals surface area contributed by atoms with Crippen molar-refractivity contribution in [1.82, 2.24) is 0 Å². The van der Waals surface area contributed by atoms with Crippen molar-refractivity contribution in [3.05, 3.63) is 54.1 Å². The smallest absolute Gasteiger partial charge is 0.338 e. The van der Waals surface area contributed by atoms with Gasteiger partial charge in [-0.2, -0.15) is 0 Å². The second kappa shape index (κ2) is 8.43. The van der Waals surface area contributed by atoms with Gasteiger partial charge in [0.15, 0.2) is 6.61 Å². The van der Waals surface area contributed by atoms with E-state index in [1.165, 1.54) is 43.3 Å². The maximum absolute atomic E-state index is 12.0. The van der Waals surface area contributed by atoms with Crippen LogP contribution in [0.15, 0.2) is 53.4 Å². The zero-order valence-corrected chi connectivity index (χ0v) is 15.1. The van der Waals surface area contributed by atoms with Crippen LogP contribution in [0.1, 0.15) is 17.3 Å². The zero-order chi connectivity index (χ0) is 20.0. The van der Waals surface area contributed by atoms with Crippen LogP contribution in [0.25, 0.3) is 0 Å². The zero-order valence-electron chi connectivity index (χ0n) is 14.3. The topological polar surface area (TPSA) is 145 Å². The number of anilines is 2. The summed E-state index contributed by atoms with van der Waals surface area (Å²) in [5, 5.41) is 9.98. The number of hydrogen-bond acceptors (Lipinski definition) is 6. The molecule has 2 aromatic rings. The van der Waals surface area contributed by atoms with E-state index >= 15 is 0 Å². The Bertz CT molecular complexity index is 970. The molecule has 2 aromatic carbocycles. The third kappa shape index (κ3) is 6.20. The molecule has 0 bridgehead atoms. The standard InChI is InChI=1S/C17H17N3O6S/c1-11(21)19-14-4-2-3-12(9-14)17(23)26-10-16(22)20-13-5-7-15(8-6-13)27(18,24)25/h2-9H,10H2,1H3,(H,19,21)(H,20,22)(H2,18,24,25). The van der Waals surface area contributed by atoms with Gasteiger partial charge in [-0.15, -0.1) is 0 Å². The third-order valence-electron chi connectivity index (χ3n) is 3.22. The molecule has 0 saturated heterocycles. The van der Waals surface area contributed by atoms with Gasteiger partial charge in [0.05, 0.1) is 10.5 Å². The molecule has 0 radical (unpaired) electrons. The van der Waals surface area contributed by atoms with Gasteiger partial charge in [-0.05, 0) is 42.5 Å². The Hall–Kier alpha value is -3.24. The highest BCUT2D eigenvalue weighted by Gasteiger charge is 2.12. The summed E-state index contributed by atoms with van der Waals surface area (Å²) in [7, 11) is -3.82. The van der Waals surface area contributed by atoms with Crippen molar-refractivity contribution in [1.29, 1.82) is 0 Å². The Balaban J connectivity index is 1.91. The van der Waals surface area contributed by atoms with Gasteiger partial charge in [-0.1, -0.05) is 6.07 Å².